The molecule has 2 heterocycles. The lowest BCUT2D eigenvalue weighted by Gasteiger charge is -2.30. The van der Waals surface area contributed by atoms with Crippen LogP contribution in [-0.2, 0) is 9.59 Å². The van der Waals surface area contributed by atoms with Crippen LogP contribution >= 0.6 is 0 Å². The van der Waals surface area contributed by atoms with E-state index in [1.807, 2.05) is 36.4 Å². The highest BCUT2D eigenvalue weighted by Crippen LogP contribution is 2.21. The number of pyridine rings is 1. The van der Waals surface area contributed by atoms with E-state index in [0.29, 0.717) is 12.2 Å². The van der Waals surface area contributed by atoms with Crippen molar-refractivity contribution in [2.45, 2.75) is 26.2 Å². The van der Waals surface area contributed by atoms with Gasteiger partial charge in [0.1, 0.15) is 5.75 Å². The number of carboxylic acid groups (broad SMARTS) is 2. The van der Waals surface area contributed by atoms with Gasteiger partial charge in [-0.3, -0.25) is 0 Å². The predicted molar refractivity (Wildman–Crippen MR) is 120 cm³/mol. The zero-order chi connectivity index (χ0) is 23.3. The van der Waals surface area contributed by atoms with Crippen molar-refractivity contribution < 1.29 is 29.3 Å². The number of benzene rings is 1. The summed E-state index contributed by atoms with van der Waals surface area (Å²) in [6.07, 6.45) is 7.91. The number of ether oxygens (including phenoxy) is 1. The van der Waals surface area contributed by atoms with Gasteiger partial charge in [-0.05, 0) is 55.0 Å². The SMILES string of the molecule is C[C@H]1CCCN(CCCOc2ccc(-c3cc[n+]([O-])cc3)cc2)C1.O=C(O)/C=C/C(=O)O. The van der Waals surface area contributed by atoms with Crippen LogP contribution in [0.15, 0.2) is 60.9 Å². The highest BCUT2D eigenvalue weighted by molar-refractivity contribution is 5.89. The van der Waals surface area contributed by atoms with E-state index in [1.54, 1.807) is 0 Å². The van der Waals surface area contributed by atoms with Crippen molar-refractivity contribution in [3.8, 4) is 16.9 Å². The van der Waals surface area contributed by atoms with Gasteiger partial charge in [0.05, 0.1) is 6.61 Å². The fraction of sp³-hybridized carbons (Fsp3) is 0.375. The predicted octanol–water partition coefficient (Wildman–Crippen LogP) is 3.20. The molecule has 2 N–H and O–H groups in total. The number of piperidine rings is 1. The summed E-state index contributed by atoms with van der Waals surface area (Å²) in [6.45, 7) is 6.69. The molecule has 1 aliphatic heterocycles. The number of likely N-dealkylation sites (tertiary alicyclic amines) is 1. The molecule has 1 saturated heterocycles. The Morgan fingerprint density at radius 1 is 1.09 bits per heavy atom. The Morgan fingerprint density at radius 3 is 2.25 bits per heavy atom. The fourth-order valence-corrected chi connectivity index (χ4v) is 3.46. The smallest absolute Gasteiger partial charge is 0.328 e. The number of aromatic nitrogens is 1. The lowest BCUT2D eigenvalue weighted by molar-refractivity contribution is -0.605. The summed E-state index contributed by atoms with van der Waals surface area (Å²) in [7, 11) is 0. The summed E-state index contributed by atoms with van der Waals surface area (Å²) in [5.41, 5.74) is 2.12. The van der Waals surface area contributed by atoms with E-state index in [2.05, 4.69) is 11.8 Å². The highest BCUT2D eigenvalue weighted by atomic mass is 16.5. The highest BCUT2D eigenvalue weighted by Gasteiger charge is 2.15. The summed E-state index contributed by atoms with van der Waals surface area (Å²) in [4.78, 5) is 21.7. The van der Waals surface area contributed by atoms with Gasteiger partial charge in [0.25, 0.3) is 0 Å². The lowest BCUT2D eigenvalue weighted by Crippen LogP contribution is -2.35. The van der Waals surface area contributed by atoms with Crippen LogP contribution in [0, 0.1) is 11.1 Å². The molecule has 172 valence electrons. The number of nitrogens with zero attached hydrogens (tertiary/aromatic N) is 2. The van der Waals surface area contributed by atoms with Crippen molar-refractivity contribution in [1.82, 2.24) is 4.90 Å². The Morgan fingerprint density at radius 2 is 1.69 bits per heavy atom. The van der Waals surface area contributed by atoms with E-state index in [0.717, 1.165) is 47.1 Å². The molecule has 8 heteroatoms. The molecule has 1 aliphatic rings. The number of rotatable bonds is 8. The molecule has 0 radical (unpaired) electrons. The van der Waals surface area contributed by atoms with Crippen LogP contribution < -0.4 is 9.47 Å². The Balaban J connectivity index is 0.000000390. The van der Waals surface area contributed by atoms with Gasteiger partial charge in [0.2, 0.25) is 0 Å². The second-order valence-corrected chi connectivity index (χ2v) is 7.73. The van der Waals surface area contributed by atoms with Gasteiger partial charge < -0.3 is 25.1 Å². The molecule has 1 atom stereocenters. The van der Waals surface area contributed by atoms with Crippen LogP contribution in [0.5, 0.6) is 5.75 Å². The molecular formula is C24H30N2O6. The maximum atomic E-state index is 11.1. The topological polar surface area (TPSA) is 114 Å². The second kappa shape index (κ2) is 13.1. The molecule has 1 fully saturated rings. The third kappa shape index (κ3) is 9.61. The van der Waals surface area contributed by atoms with Gasteiger partial charge in [-0.15, -0.1) is 0 Å². The minimum absolute atomic E-state index is 0.558. The van der Waals surface area contributed by atoms with Crippen molar-refractivity contribution in [3.05, 3.63) is 66.2 Å². The first-order valence-electron chi connectivity index (χ1n) is 10.6. The van der Waals surface area contributed by atoms with Gasteiger partial charge in [0, 0.05) is 37.4 Å². The molecule has 0 aliphatic carbocycles. The van der Waals surface area contributed by atoms with E-state index in [1.165, 1.54) is 38.3 Å². The Labute approximate surface area is 188 Å². The number of carbonyl (C=O) groups is 2. The molecule has 0 spiro atoms. The molecular weight excluding hydrogens is 412 g/mol. The Hall–Kier alpha value is -3.39. The van der Waals surface area contributed by atoms with Crippen molar-refractivity contribution >= 4 is 11.9 Å². The second-order valence-electron chi connectivity index (χ2n) is 7.73. The Kier molecular flexibility index (Phi) is 10.2. The molecule has 0 saturated carbocycles. The lowest BCUT2D eigenvalue weighted by atomic mass is 10.0. The maximum absolute atomic E-state index is 11.1. The maximum Gasteiger partial charge on any atom is 0.328 e. The van der Waals surface area contributed by atoms with Gasteiger partial charge >= 0.3 is 11.9 Å². The standard InChI is InChI=1S/C20H26N2O2.C4H4O4/c1-17-4-2-11-21(16-17)12-3-15-24-20-7-5-18(6-8-20)19-9-13-22(23)14-10-19;5-3(6)1-2-4(7)8/h5-10,13-14,17H,2-4,11-12,15-16H2,1H3;1-2H,(H,5,6)(H,7,8)/b;2-1+/t17-;/m0./s1. The van der Waals surface area contributed by atoms with E-state index >= 15 is 0 Å². The quantitative estimate of drug-likeness (QED) is 0.279. The monoisotopic (exact) mass is 442 g/mol. The van der Waals surface area contributed by atoms with Crippen molar-refractivity contribution in [1.29, 1.82) is 0 Å². The van der Waals surface area contributed by atoms with Gasteiger partial charge in [0.15, 0.2) is 12.4 Å². The van der Waals surface area contributed by atoms with Gasteiger partial charge in [-0.25, -0.2) is 9.59 Å². The van der Waals surface area contributed by atoms with E-state index in [9.17, 15) is 14.8 Å². The number of hydrogen-bond donors (Lipinski definition) is 2. The minimum atomic E-state index is -1.26. The molecule has 0 amide bonds. The average Bonchev–Trinajstić information content (AvgIpc) is 2.77. The molecule has 0 unspecified atom stereocenters. The summed E-state index contributed by atoms with van der Waals surface area (Å²) in [5.74, 6) is -0.776. The summed E-state index contributed by atoms with van der Waals surface area (Å²) >= 11 is 0. The van der Waals surface area contributed by atoms with E-state index in [-0.39, 0.29) is 0 Å². The number of aliphatic carboxylic acids is 2. The third-order valence-corrected chi connectivity index (χ3v) is 4.99. The average molecular weight is 443 g/mol. The van der Waals surface area contributed by atoms with Crippen molar-refractivity contribution in [3.63, 3.8) is 0 Å². The van der Waals surface area contributed by atoms with Crippen LogP contribution in [-0.4, -0.2) is 53.3 Å². The largest absolute Gasteiger partial charge is 0.619 e. The van der Waals surface area contributed by atoms with Crippen LogP contribution in [0.4, 0.5) is 0 Å². The van der Waals surface area contributed by atoms with Gasteiger partial charge in [-0.1, -0.05) is 19.1 Å². The van der Waals surface area contributed by atoms with E-state index in [4.69, 9.17) is 14.9 Å². The first kappa shape index (κ1) is 24.9. The zero-order valence-electron chi connectivity index (χ0n) is 18.2. The molecule has 0 bridgehead atoms. The summed E-state index contributed by atoms with van der Waals surface area (Å²) in [6, 6.07) is 11.7. The van der Waals surface area contributed by atoms with Crippen LogP contribution in [0.1, 0.15) is 26.2 Å². The number of hydrogen-bond acceptors (Lipinski definition) is 5. The summed E-state index contributed by atoms with van der Waals surface area (Å²) in [5, 5.41) is 26.7. The molecule has 1 aromatic carbocycles. The summed E-state index contributed by atoms with van der Waals surface area (Å²) < 4.78 is 6.65. The van der Waals surface area contributed by atoms with Crippen molar-refractivity contribution in [2.24, 2.45) is 5.92 Å². The van der Waals surface area contributed by atoms with Crippen LogP contribution in [0.3, 0.4) is 0 Å². The van der Waals surface area contributed by atoms with Crippen molar-refractivity contribution in [2.75, 3.05) is 26.2 Å². The third-order valence-electron chi connectivity index (χ3n) is 4.99. The Bertz CT molecular complexity index is 864. The minimum Gasteiger partial charge on any atom is -0.619 e. The van der Waals surface area contributed by atoms with Gasteiger partial charge in [-0.2, -0.15) is 4.73 Å². The van der Waals surface area contributed by atoms with Crippen LogP contribution in [0.25, 0.3) is 11.1 Å². The van der Waals surface area contributed by atoms with E-state index < -0.39 is 11.9 Å². The normalized spacial score (nSPS) is 16.2. The van der Waals surface area contributed by atoms with Crippen LogP contribution in [0.2, 0.25) is 0 Å². The first-order valence-corrected chi connectivity index (χ1v) is 10.6. The molecule has 1 aromatic heterocycles. The fourth-order valence-electron chi connectivity index (χ4n) is 3.46. The molecule has 2 aromatic rings. The first-order chi connectivity index (χ1) is 15.3. The molecule has 32 heavy (non-hydrogen) atoms. The molecule has 3 rings (SSSR count). The number of carboxylic acids is 2. The molecule has 8 nitrogen and oxygen atoms in total. The zero-order valence-corrected chi connectivity index (χ0v) is 18.2.